The maximum Gasteiger partial charge on any atom is 0.126 e. The molecule has 2 N–H and O–H groups in total. The van der Waals surface area contributed by atoms with Crippen LogP contribution in [0, 0.1) is 0 Å². The number of hydrogen-bond donors (Lipinski definition) is 1. The van der Waals surface area contributed by atoms with E-state index in [0.29, 0.717) is 0 Å². The van der Waals surface area contributed by atoms with Gasteiger partial charge in [0.2, 0.25) is 0 Å². The number of aryl methyl sites for hydroxylation is 1. The lowest BCUT2D eigenvalue weighted by molar-refractivity contribution is 0.578. The van der Waals surface area contributed by atoms with E-state index in [9.17, 15) is 0 Å². The number of halogens is 1. The summed E-state index contributed by atoms with van der Waals surface area (Å²) in [6.45, 7) is 3.06. The molecule has 0 aliphatic heterocycles. The zero-order valence-electron chi connectivity index (χ0n) is 11.4. The van der Waals surface area contributed by atoms with Crippen LogP contribution >= 0.6 is 23.4 Å². The summed E-state index contributed by atoms with van der Waals surface area (Å²) in [6.07, 6.45) is 4.07. The molecule has 1 aromatic heterocycles. The maximum absolute atomic E-state index is 6.31. The van der Waals surface area contributed by atoms with Crippen LogP contribution in [0.2, 0.25) is 5.02 Å². The van der Waals surface area contributed by atoms with Gasteiger partial charge in [-0.3, -0.25) is 0 Å². The minimum atomic E-state index is -0.0255. The lowest BCUT2D eigenvalue weighted by atomic mass is 10.2. The molecule has 2 aromatic rings. The van der Waals surface area contributed by atoms with Crippen molar-refractivity contribution in [1.82, 2.24) is 9.55 Å². The Morgan fingerprint density at radius 3 is 2.95 bits per heavy atom. The van der Waals surface area contributed by atoms with Crippen LogP contribution in [0.4, 0.5) is 0 Å². The topological polar surface area (TPSA) is 43.8 Å². The van der Waals surface area contributed by atoms with Crippen LogP contribution in [0.3, 0.4) is 0 Å². The van der Waals surface area contributed by atoms with E-state index in [1.54, 1.807) is 0 Å². The van der Waals surface area contributed by atoms with Gasteiger partial charge in [0, 0.05) is 6.54 Å². The fourth-order valence-electron chi connectivity index (χ4n) is 2.27. The molecule has 0 radical (unpaired) electrons. The van der Waals surface area contributed by atoms with Crippen molar-refractivity contribution in [2.75, 3.05) is 12.0 Å². The minimum absolute atomic E-state index is 0.0255. The molecule has 0 amide bonds. The number of hydrogen-bond acceptors (Lipinski definition) is 3. The van der Waals surface area contributed by atoms with Crippen LogP contribution in [-0.2, 0) is 6.54 Å². The molecule has 19 heavy (non-hydrogen) atoms. The molecule has 2 rings (SSSR count). The number of benzene rings is 1. The van der Waals surface area contributed by atoms with Crippen LogP contribution in [0.1, 0.15) is 31.6 Å². The fraction of sp³-hybridized carbons (Fsp3) is 0.500. The maximum atomic E-state index is 6.31. The van der Waals surface area contributed by atoms with Gasteiger partial charge in [-0.25, -0.2) is 4.98 Å². The van der Waals surface area contributed by atoms with Gasteiger partial charge in [-0.15, -0.1) is 0 Å². The van der Waals surface area contributed by atoms with Gasteiger partial charge < -0.3 is 10.3 Å². The predicted molar refractivity (Wildman–Crippen MR) is 85.0 cm³/mol. The van der Waals surface area contributed by atoms with Gasteiger partial charge in [0.25, 0.3) is 0 Å². The molecule has 1 aromatic carbocycles. The zero-order valence-corrected chi connectivity index (χ0v) is 13.0. The number of nitrogens with two attached hydrogens (primary N) is 1. The Hall–Kier alpha value is -0.710. The molecule has 0 fully saturated rings. The molecular weight excluding hydrogens is 278 g/mol. The Morgan fingerprint density at radius 1 is 1.47 bits per heavy atom. The molecule has 1 unspecified atom stereocenters. The third-order valence-electron chi connectivity index (χ3n) is 3.16. The molecule has 104 valence electrons. The van der Waals surface area contributed by atoms with E-state index >= 15 is 0 Å². The van der Waals surface area contributed by atoms with E-state index in [1.165, 1.54) is 0 Å². The first-order valence-electron chi connectivity index (χ1n) is 6.58. The van der Waals surface area contributed by atoms with Gasteiger partial charge in [0.15, 0.2) is 0 Å². The van der Waals surface area contributed by atoms with E-state index in [4.69, 9.17) is 17.3 Å². The first-order valence-corrected chi connectivity index (χ1v) is 8.35. The highest BCUT2D eigenvalue weighted by Crippen LogP contribution is 2.28. The Bertz CT molecular complexity index is 553. The number of fused-ring (bicyclic) bond motifs is 1. The second-order valence-electron chi connectivity index (χ2n) is 4.62. The van der Waals surface area contributed by atoms with E-state index in [0.717, 1.165) is 47.0 Å². The van der Waals surface area contributed by atoms with Crippen LogP contribution in [0.25, 0.3) is 11.0 Å². The lowest BCUT2D eigenvalue weighted by Crippen LogP contribution is -2.17. The third kappa shape index (κ3) is 3.07. The molecule has 3 nitrogen and oxygen atoms in total. The molecule has 0 bridgehead atoms. The summed E-state index contributed by atoms with van der Waals surface area (Å²) in [4.78, 5) is 4.69. The molecule has 0 saturated heterocycles. The zero-order chi connectivity index (χ0) is 13.8. The largest absolute Gasteiger partial charge is 0.325 e. The molecule has 1 atom stereocenters. The average Bonchev–Trinajstić information content (AvgIpc) is 2.77. The van der Waals surface area contributed by atoms with Gasteiger partial charge >= 0.3 is 0 Å². The number of imidazole rings is 1. The fourth-order valence-corrected chi connectivity index (χ4v) is 3.03. The number of aromatic nitrogens is 2. The Kier molecular flexibility index (Phi) is 5.13. The predicted octanol–water partition coefficient (Wildman–Crippen LogP) is 3.85. The third-order valence-corrected chi connectivity index (χ3v) is 4.11. The number of rotatable bonds is 6. The summed E-state index contributed by atoms with van der Waals surface area (Å²) in [7, 11) is 0. The van der Waals surface area contributed by atoms with Crippen molar-refractivity contribution in [3.05, 3.63) is 29.0 Å². The Labute approximate surface area is 123 Å². The van der Waals surface area contributed by atoms with Crippen molar-refractivity contribution < 1.29 is 0 Å². The highest BCUT2D eigenvalue weighted by Gasteiger charge is 2.17. The van der Waals surface area contributed by atoms with Crippen LogP contribution in [0.15, 0.2) is 18.2 Å². The van der Waals surface area contributed by atoms with Gasteiger partial charge in [-0.2, -0.15) is 11.8 Å². The molecule has 0 saturated carbocycles. The van der Waals surface area contributed by atoms with Crippen LogP contribution in [-0.4, -0.2) is 21.6 Å². The van der Waals surface area contributed by atoms with E-state index in [1.807, 2.05) is 30.0 Å². The van der Waals surface area contributed by atoms with E-state index in [2.05, 4.69) is 22.7 Å². The molecule has 1 heterocycles. The molecular formula is C14H20ClN3S. The first kappa shape index (κ1) is 14.7. The summed E-state index contributed by atoms with van der Waals surface area (Å²) in [5.74, 6) is 2.00. The van der Waals surface area contributed by atoms with Crippen molar-refractivity contribution in [2.24, 2.45) is 5.73 Å². The van der Waals surface area contributed by atoms with Crippen molar-refractivity contribution in [3.63, 3.8) is 0 Å². The number of thioether (sulfide) groups is 1. The van der Waals surface area contributed by atoms with Crippen LogP contribution < -0.4 is 5.73 Å². The standard InChI is InChI=1S/C14H20ClN3S/c1-3-8-18-13-10(15)5-4-6-12(13)17-14(18)11(16)7-9-19-2/h4-6,11H,3,7-9,16H2,1-2H3. The minimum Gasteiger partial charge on any atom is -0.325 e. The molecule has 0 spiro atoms. The first-order chi connectivity index (χ1) is 9.19. The number of nitrogens with zero attached hydrogens (tertiary/aromatic N) is 2. The van der Waals surface area contributed by atoms with Crippen molar-refractivity contribution in [3.8, 4) is 0 Å². The normalized spacial score (nSPS) is 13.1. The Morgan fingerprint density at radius 2 is 2.26 bits per heavy atom. The van der Waals surface area contributed by atoms with Crippen molar-refractivity contribution in [1.29, 1.82) is 0 Å². The summed E-state index contributed by atoms with van der Waals surface area (Å²) in [5.41, 5.74) is 8.24. The molecule has 0 aliphatic rings. The molecule has 0 aliphatic carbocycles. The summed E-state index contributed by atoms with van der Waals surface area (Å²) < 4.78 is 2.18. The second-order valence-corrected chi connectivity index (χ2v) is 6.01. The highest BCUT2D eigenvalue weighted by molar-refractivity contribution is 7.98. The quantitative estimate of drug-likeness (QED) is 0.880. The van der Waals surface area contributed by atoms with Gasteiger partial charge in [-0.05, 0) is 37.0 Å². The smallest absolute Gasteiger partial charge is 0.126 e. The van der Waals surface area contributed by atoms with Crippen molar-refractivity contribution >= 4 is 34.4 Å². The SMILES string of the molecule is CCCn1c(C(N)CCSC)nc2cccc(Cl)c21. The number of para-hydroxylation sites is 1. The van der Waals surface area contributed by atoms with Gasteiger partial charge in [-0.1, -0.05) is 24.6 Å². The van der Waals surface area contributed by atoms with Crippen LogP contribution in [0.5, 0.6) is 0 Å². The van der Waals surface area contributed by atoms with E-state index in [-0.39, 0.29) is 6.04 Å². The average molecular weight is 298 g/mol. The summed E-state index contributed by atoms with van der Waals surface area (Å²) >= 11 is 8.13. The second kappa shape index (κ2) is 6.64. The molecule has 5 heteroatoms. The van der Waals surface area contributed by atoms with Gasteiger partial charge in [0.1, 0.15) is 5.82 Å². The van der Waals surface area contributed by atoms with E-state index < -0.39 is 0 Å². The monoisotopic (exact) mass is 297 g/mol. The lowest BCUT2D eigenvalue weighted by Gasteiger charge is -2.14. The Balaban J connectivity index is 2.47. The highest BCUT2D eigenvalue weighted by atomic mass is 35.5. The van der Waals surface area contributed by atoms with Gasteiger partial charge in [0.05, 0.1) is 22.1 Å². The van der Waals surface area contributed by atoms with Crippen molar-refractivity contribution in [2.45, 2.75) is 32.4 Å². The summed E-state index contributed by atoms with van der Waals surface area (Å²) in [6, 6.07) is 5.82. The summed E-state index contributed by atoms with van der Waals surface area (Å²) in [5, 5.41) is 0.752.